The molecule has 0 radical (unpaired) electrons. The first-order valence-corrected chi connectivity index (χ1v) is 7.91. The molecule has 0 N–H and O–H groups in total. The Balaban J connectivity index is 2.39. The zero-order chi connectivity index (χ0) is 15.6. The molecule has 2 rings (SSSR count). The second-order valence-electron chi connectivity index (χ2n) is 4.99. The molecule has 116 valence electrons. The molecule has 1 saturated heterocycles. The Morgan fingerprint density at radius 1 is 1.38 bits per heavy atom. The van der Waals surface area contributed by atoms with E-state index < -0.39 is 17.6 Å². The lowest BCUT2D eigenvalue weighted by atomic mass is 10.00. The van der Waals surface area contributed by atoms with E-state index in [9.17, 15) is 18.0 Å². The lowest BCUT2D eigenvalue weighted by molar-refractivity contribution is -0.138. The van der Waals surface area contributed by atoms with Crippen LogP contribution in [0.2, 0.25) is 0 Å². The van der Waals surface area contributed by atoms with Crippen LogP contribution in [0.1, 0.15) is 35.2 Å². The standard InChI is InChI=1S/C14H14BrClF3NO/c15-9-4-5-11(12(7-9)14(17,18)19)13(21)20-6-2-1-3-10(20)8-16/h4-5,7,10H,1-3,6,8H2. The summed E-state index contributed by atoms with van der Waals surface area (Å²) in [6.07, 6.45) is -2.11. The molecule has 1 aromatic rings. The SMILES string of the molecule is O=C(c1ccc(Br)cc1C(F)(F)F)N1CCCCC1CCl. The number of hydrogen-bond acceptors (Lipinski definition) is 1. The molecule has 1 aliphatic rings. The highest BCUT2D eigenvalue weighted by Gasteiger charge is 2.37. The van der Waals surface area contributed by atoms with Crippen LogP contribution in [0.3, 0.4) is 0 Å². The van der Waals surface area contributed by atoms with Crippen molar-refractivity contribution in [1.82, 2.24) is 4.90 Å². The summed E-state index contributed by atoms with van der Waals surface area (Å²) in [6, 6.07) is 3.40. The van der Waals surface area contributed by atoms with Gasteiger partial charge in [0.25, 0.3) is 5.91 Å². The summed E-state index contributed by atoms with van der Waals surface area (Å²) in [5, 5.41) is 0. The van der Waals surface area contributed by atoms with Crippen LogP contribution in [0.15, 0.2) is 22.7 Å². The maximum atomic E-state index is 13.1. The predicted molar refractivity (Wildman–Crippen MR) is 78.5 cm³/mol. The van der Waals surface area contributed by atoms with Gasteiger partial charge in [0.15, 0.2) is 0 Å². The molecule has 1 amide bonds. The van der Waals surface area contributed by atoms with E-state index in [0.717, 1.165) is 25.3 Å². The second kappa shape index (κ2) is 6.57. The number of likely N-dealkylation sites (tertiary alicyclic amines) is 1. The van der Waals surface area contributed by atoms with Gasteiger partial charge in [0, 0.05) is 22.9 Å². The molecule has 1 atom stereocenters. The number of amides is 1. The third kappa shape index (κ3) is 3.72. The summed E-state index contributed by atoms with van der Waals surface area (Å²) in [5.41, 5.74) is -1.23. The Kier molecular flexibility index (Phi) is 5.20. The summed E-state index contributed by atoms with van der Waals surface area (Å²) in [6.45, 7) is 0.448. The van der Waals surface area contributed by atoms with Crippen molar-refractivity contribution in [3.05, 3.63) is 33.8 Å². The molecule has 0 aliphatic carbocycles. The van der Waals surface area contributed by atoms with Gasteiger partial charge in [-0.3, -0.25) is 4.79 Å². The zero-order valence-corrected chi connectivity index (χ0v) is 13.4. The maximum absolute atomic E-state index is 13.1. The van der Waals surface area contributed by atoms with E-state index in [2.05, 4.69) is 15.9 Å². The molecule has 0 bridgehead atoms. The van der Waals surface area contributed by atoms with Crippen LogP contribution in [-0.2, 0) is 6.18 Å². The molecule has 0 saturated carbocycles. The fourth-order valence-electron chi connectivity index (χ4n) is 2.52. The van der Waals surface area contributed by atoms with Gasteiger partial charge in [0.2, 0.25) is 0 Å². The van der Waals surface area contributed by atoms with E-state index in [1.807, 2.05) is 0 Å². The molecule has 1 unspecified atom stereocenters. The molecule has 1 fully saturated rings. The summed E-state index contributed by atoms with van der Waals surface area (Å²) in [7, 11) is 0. The van der Waals surface area contributed by atoms with Gasteiger partial charge in [-0.1, -0.05) is 15.9 Å². The quantitative estimate of drug-likeness (QED) is 0.677. The smallest absolute Gasteiger partial charge is 0.334 e. The van der Waals surface area contributed by atoms with Gasteiger partial charge in [-0.05, 0) is 37.5 Å². The van der Waals surface area contributed by atoms with E-state index in [1.165, 1.54) is 17.0 Å². The first-order valence-electron chi connectivity index (χ1n) is 6.58. The van der Waals surface area contributed by atoms with Gasteiger partial charge in [-0.2, -0.15) is 13.2 Å². The van der Waals surface area contributed by atoms with Crippen molar-refractivity contribution in [1.29, 1.82) is 0 Å². The zero-order valence-electron chi connectivity index (χ0n) is 11.1. The van der Waals surface area contributed by atoms with Gasteiger partial charge in [0.1, 0.15) is 0 Å². The van der Waals surface area contributed by atoms with Crippen LogP contribution >= 0.6 is 27.5 Å². The summed E-state index contributed by atoms with van der Waals surface area (Å²) < 4.78 is 39.6. The van der Waals surface area contributed by atoms with Crippen LogP contribution in [0, 0.1) is 0 Å². The normalized spacial score (nSPS) is 19.7. The van der Waals surface area contributed by atoms with E-state index in [1.54, 1.807) is 0 Å². The van der Waals surface area contributed by atoms with Crippen LogP contribution in [-0.4, -0.2) is 29.3 Å². The van der Waals surface area contributed by atoms with Crippen molar-refractivity contribution in [2.24, 2.45) is 0 Å². The molecule has 0 spiro atoms. The maximum Gasteiger partial charge on any atom is 0.417 e. The first-order chi connectivity index (χ1) is 9.84. The van der Waals surface area contributed by atoms with E-state index in [0.29, 0.717) is 11.0 Å². The third-order valence-electron chi connectivity index (χ3n) is 3.58. The number of piperidine rings is 1. The Hall–Kier alpha value is -0.750. The molecule has 1 heterocycles. The lowest BCUT2D eigenvalue weighted by Crippen LogP contribution is -2.45. The van der Waals surface area contributed by atoms with Gasteiger partial charge in [0.05, 0.1) is 11.1 Å². The van der Waals surface area contributed by atoms with E-state index in [-0.39, 0.29) is 17.5 Å². The lowest BCUT2D eigenvalue weighted by Gasteiger charge is -2.35. The summed E-state index contributed by atoms with van der Waals surface area (Å²) in [5.74, 6) is -0.357. The topological polar surface area (TPSA) is 20.3 Å². The highest BCUT2D eigenvalue weighted by atomic mass is 79.9. The minimum atomic E-state index is -4.57. The van der Waals surface area contributed by atoms with E-state index in [4.69, 9.17) is 11.6 Å². The monoisotopic (exact) mass is 383 g/mol. The molecule has 0 aromatic heterocycles. The number of carbonyl (C=O) groups excluding carboxylic acids is 1. The average molecular weight is 385 g/mol. The average Bonchev–Trinajstić information content (AvgIpc) is 2.45. The summed E-state index contributed by atoms with van der Waals surface area (Å²) in [4.78, 5) is 14.0. The summed E-state index contributed by atoms with van der Waals surface area (Å²) >= 11 is 8.85. The third-order valence-corrected chi connectivity index (χ3v) is 4.43. The van der Waals surface area contributed by atoms with E-state index >= 15 is 0 Å². The minimum Gasteiger partial charge on any atom is -0.334 e. The van der Waals surface area contributed by atoms with Gasteiger partial charge < -0.3 is 4.90 Å². The van der Waals surface area contributed by atoms with Crippen molar-refractivity contribution in [2.75, 3.05) is 12.4 Å². The number of halogens is 5. The molecular formula is C14H14BrClF3NO. The molecule has 7 heteroatoms. The fourth-order valence-corrected chi connectivity index (χ4v) is 3.20. The minimum absolute atomic E-state index is 0.197. The molecule has 1 aliphatic heterocycles. The van der Waals surface area contributed by atoms with Gasteiger partial charge in [-0.15, -0.1) is 11.6 Å². The Morgan fingerprint density at radius 2 is 2.10 bits per heavy atom. The number of alkyl halides is 4. The van der Waals surface area contributed by atoms with Crippen molar-refractivity contribution < 1.29 is 18.0 Å². The van der Waals surface area contributed by atoms with Crippen molar-refractivity contribution in [3.63, 3.8) is 0 Å². The predicted octanol–water partition coefficient (Wildman–Crippen LogP) is 4.70. The molecule has 2 nitrogen and oxygen atoms in total. The van der Waals surface area contributed by atoms with Gasteiger partial charge >= 0.3 is 6.18 Å². The Bertz CT molecular complexity index is 535. The van der Waals surface area contributed by atoms with Gasteiger partial charge in [-0.25, -0.2) is 0 Å². The van der Waals surface area contributed by atoms with Crippen LogP contribution in [0.5, 0.6) is 0 Å². The van der Waals surface area contributed by atoms with Crippen molar-refractivity contribution >= 4 is 33.4 Å². The Morgan fingerprint density at radius 3 is 2.71 bits per heavy atom. The number of benzene rings is 1. The largest absolute Gasteiger partial charge is 0.417 e. The Labute approximate surface area is 134 Å². The highest BCUT2D eigenvalue weighted by Crippen LogP contribution is 2.35. The van der Waals surface area contributed by atoms with Crippen LogP contribution in [0.25, 0.3) is 0 Å². The first kappa shape index (κ1) is 16.6. The fraction of sp³-hybridized carbons (Fsp3) is 0.500. The molecular weight excluding hydrogens is 371 g/mol. The number of hydrogen-bond donors (Lipinski definition) is 0. The second-order valence-corrected chi connectivity index (χ2v) is 6.21. The number of carbonyl (C=O) groups is 1. The molecule has 21 heavy (non-hydrogen) atoms. The van der Waals surface area contributed by atoms with Crippen LogP contribution in [0.4, 0.5) is 13.2 Å². The molecule has 1 aromatic carbocycles. The van der Waals surface area contributed by atoms with Crippen molar-refractivity contribution in [2.45, 2.75) is 31.5 Å². The number of rotatable bonds is 2. The van der Waals surface area contributed by atoms with Crippen LogP contribution < -0.4 is 0 Å². The highest BCUT2D eigenvalue weighted by molar-refractivity contribution is 9.10. The van der Waals surface area contributed by atoms with Crippen molar-refractivity contribution in [3.8, 4) is 0 Å². The number of nitrogens with zero attached hydrogens (tertiary/aromatic N) is 1.